The Morgan fingerprint density at radius 1 is 1.14 bits per heavy atom. The molecule has 0 heterocycles. The molecule has 1 aromatic carbocycles. The minimum absolute atomic E-state index is 0.0625. The SMILES string of the molecule is CCOCCCNC(=O)Nc1cccc(NC(=O)CC)c1. The standard InChI is InChI=1S/C15H23N3O3/c1-3-14(19)17-12-7-5-8-13(11-12)18-15(20)16-9-6-10-21-4-2/h5,7-8,11H,3-4,6,9-10H2,1-2H3,(H,17,19)(H2,16,18,20). The molecule has 0 aliphatic rings. The molecule has 21 heavy (non-hydrogen) atoms. The molecule has 1 aromatic rings. The molecule has 3 amide bonds. The summed E-state index contributed by atoms with van der Waals surface area (Å²) in [5.74, 6) is -0.0625. The molecule has 0 aromatic heterocycles. The van der Waals surface area contributed by atoms with Crippen LogP contribution in [0.1, 0.15) is 26.7 Å². The van der Waals surface area contributed by atoms with Gasteiger partial charge in [0, 0.05) is 37.6 Å². The number of benzene rings is 1. The molecule has 0 unspecified atom stereocenters. The van der Waals surface area contributed by atoms with Gasteiger partial charge in [-0.05, 0) is 31.5 Å². The minimum atomic E-state index is -0.273. The van der Waals surface area contributed by atoms with Crippen LogP contribution >= 0.6 is 0 Å². The molecule has 0 fully saturated rings. The molecule has 0 saturated carbocycles. The Labute approximate surface area is 125 Å². The van der Waals surface area contributed by atoms with Gasteiger partial charge in [-0.25, -0.2) is 4.79 Å². The van der Waals surface area contributed by atoms with Gasteiger partial charge in [-0.2, -0.15) is 0 Å². The van der Waals surface area contributed by atoms with Gasteiger partial charge < -0.3 is 20.7 Å². The molecular formula is C15H23N3O3. The van der Waals surface area contributed by atoms with Gasteiger partial charge in [-0.1, -0.05) is 13.0 Å². The first kappa shape index (κ1) is 17.0. The van der Waals surface area contributed by atoms with Crippen molar-refractivity contribution in [1.82, 2.24) is 5.32 Å². The number of hydrogen-bond donors (Lipinski definition) is 3. The van der Waals surface area contributed by atoms with Crippen LogP contribution in [-0.4, -0.2) is 31.7 Å². The van der Waals surface area contributed by atoms with Crippen molar-refractivity contribution in [2.75, 3.05) is 30.4 Å². The molecule has 0 atom stereocenters. The zero-order valence-electron chi connectivity index (χ0n) is 12.6. The summed E-state index contributed by atoms with van der Waals surface area (Å²) in [5.41, 5.74) is 1.29. The van der Waals surface area contributed by atoms with E-state index in [0.29, 0.717) is 37.6 Å². The number of rotatable bonds is 8. The lowest BCUT2D eigenvalue weighted by Crippen LogP contribution is -2.30. The number of carbonyl (C=O) groups excluding carboxylic acids is 2. The van der Waals surface area contributed by atoms with E-state index >= 15 is 0 Å². The van der Waals surface area contributed by atoms with Gasteiger partial charge in [0.1, 0.15) is 0 Å². The van der Waals surface area contributed by atoms with Gasteiger partial charge >= 0.3 is 6.03 Å². The first-order valence-corrected chi connectivity index (χ1v) is 7.18. The van der Waals surface area contributed by atoms with Crippen LogP contribution < -0.4 is 16.0 Å². The summed E-state index contributed by atoms with van der Waals surface area (Å²) >= 11 is 0. The van der Waals surface area contributed by atoms with Crippen molar-refractivity contribution >= 4 is 23.3 Å². The summed E-state index contributed by atoms with van der Waals surface area (Å²) < 4.78 is 5.18. The Balaban J connectivity index is 2.38. The first-order valence-electron chi connectivity index (χ1n) is 7.18. The van der Waals surface area contributed by atoms with Gasteiger partial charge in [0.25, 0.3) is 0 Å². The Kier molecular flexibility index (Phi) is 7.89. The van der Waals surface area contributed by atoms with Crippen LogP contribution in [0.4, 0.5) is 16.2 Å². The fourth-order valence-corrected chi connectivity index (χ4v) is 1.62. The first-order chi connectivity index (χ1) is 10.2. The van der Waals surface area contributed by atoms with Crippen LogP contribution in [-0.2, 0) is 9.53 Å². The molecule has 0 bridgehead atoms. The summed E-state index contributed by atoms with van der Waals surface area (Å²) in [4.78, 5) is 23.0. The molecular weight excluding hydrogens is 270 g/mol. The molecule has 0 spiro atoms. The van der Waals surface area contributed by atoms with Crippen LogP contribution in [0.25, 0.3) is 0 Å². The van der Waals surface area contributed by atoms with Crippen LogP contribution in [0.15, 0.2) is 24.3 Å². The molecule has 0 aliphatic heterocycles. The van der Waals surface area contributed by atoms with Gasteiger partial charge in [0.2, 0.25) is 5.91 Å². The molecule has 1 rings (SSSR count). The average molecular weight is 293 g/mol. The third-order valence-electron chi connectivity index (χ3n) is 2.68. The van der Waals surface area contributed by atoms with Gasteiger partial charge in [0.15, 0.2) is 0 Å². The summed E-state index contributed by atoms with van der Waals surface area (Å²) in [6.45, 7) is 5.59. The highest BCUT2D eigenvalue weighted by molar-refractivity contribution is 5.93. The van der Waals surface area contributed by atoms with Crippen LogP contribution in [0.2, 0.25) is 0 Å². The quantitative estimate of drug-likeness (QED) is 0.644. The maximum absolute atomic E-state index is 11.7. The van der Waals surface area contributed by atoms with Gasteiger partial charge in [0.05, 0.1) is 0 Å². The average Bonchev–Trinajstić information content (AvgIpc) is 2.47. The number of urea groups is 1. The summed E-state index contributed by atoms with van der Waals surface area (Å²) in [6.07, 6.45) is 1.19. The monoisotopic (exact) mass is 293 g/mol. The van der Waals surface area contributed by atoms with Crippen LogP contribution in [0.3, 0.4) is 0 Å². The van der Waals surface area contributed by atoms with E-state index in [-0.39, 0.29) is 11.9 Å². The fourth-order valence-electron chi connectivity index (χ4n) is 1.62. The van der Waals surface area contributed by atoms with E-state index in [0.717, 1.165) is 6.42 Å². The Hall–Kier alpha value is -2.08. The number of ether oxygens (including phenoxy) is 1. The second-order valence-corrected chi connectivity index (χ2v) is 4.41. The molecule has 3 N–H and O–H groups in total. The second kappa shape index (κ2) is 9.77. The highest BCUT2D eigenvalue weighted by Crippen LogP contribution is 2.15. The molecule has 6 heteroatoms. The molecule has 116 valence electrons. The van der Waals surface area contributed by atoms with Gasteiger partial charge in [-0.3, -0.25) is 4.79 Å². The summed E-state index contributed by atoms with van der Waals surface area (Å²) in [5, 5.41) is 8.21. The highest BCUT2D eigenvalue weighted by Gasteiger charge is 2.03. The maximum Gasteiger partial charge on any atom is 0.319 e. The van der Waals surface area contributed by atoms with E-state index in [4.69, 9.17) is 4.74 Å². The third-order valence-corrected chi connectivity index (χ3v) is 2.68. The lowest BCUT2D eigenvalue weighted by molar-refractivity contribution is -0.115. The summed E-state index contributed by atoms with van der Waals surface area (Å²) in [6, 6.07) is 6.76. The van der Waals surface area contributed by atoms with Crippen molar-refractivity contribution in [2.45, 2.75) is 26.7 Å². The fraction of sp³-hybridized carbons (Fsp3) is 0.467. The number of nitrogens with one attached hydrogen (secondary N) is 3. The van der Waals surface area contributed by atoms with Crippen molar-refractivity contribution in [3.63, 3.8) is 0 Å². The second-order valence-electron chi connectivity index (χ2n) is 4.41. The molecule has 6 nitrogen and oxygen atoms in total. The van der Waals surface area contributed by atoms with E-state index in [2.05, 4.69) is 16.0 Å². The number of anilines is 2. The number of carbonyl (C=O) groups is 2. The van der Waals surface area contributed by atoms with Gasteiger partial charge in [-0.15, -0.1) is 0 Å². The van der Waals surface area contributed by atoms with Crippen LogP contribution in [0.5, 0.6) is 0 Å². The largest absolute Gasteiger partial charge is 0.382 e. The van der Waals surface area contributed by atoms with E-state index in [1.54, 1.807) is 31.2 Å². The predicted octanol–water partition coefficient (Wildman–Crippen LogP) is 2.58. The topological polar surface area (TPSA) is 79.5 Å². The van der Waals surface area contributed by atoms with Crippen molar-refractivity contribution in [2.24, 2.45) is 0 Å². The predicted molar refractivity (Wildman–Crippen MR) is 83.5 cm³/mol. The molecule has 0 radical (unpaired) electrons. The van der Waals surface area contributed by atoms with Crippen molar-refractivity contribution < 1.29 is 14.3 Å². The number of hydrogen-bond acceptors (Lipinski definition) is 3. The minimum Gasteiger partial charge on any atom is -0.382 e. The van der Waals surface area contributed by atoms with Crippen molar-refractivity contribution in [3.8, 4) is 0 Å². The molecule has 0 aliphatic carbocycles. The zero-order valence-corrected chi connectivity index (χ0v) is 12.6. The zero-order chi connectivity index (χ0) is 15.5. The molecule has 0 saturated heterocycles. The van der Waals surface area contributed by atoms with E-state index in [1.807, 2.05) is 6.92 Å². The van der Waals surface area contributed by atoms with E-state index in [9.17, 15) is 9.59 Å². The van der Waals surface area contributed by atoms with Crippen molar-refractivity contribution in [3.05, 3.63) is 24.3 Å². The van der Waals surface area contributed by atoms with E-state index < -0.39 is 0 Å². The lowest BCUT2D eigenvalue weighted by Gasteiger charge is -2.09. The Morgan fingerprint density at radius 3 is 2.52 bits per heavy atom. The normalized spacial score (nSPS) is 10.0. The Morgan fingerprint density at radius 2 is 1.86 bits per heavy atom. The lowest BCUT2D eigenvalue weighted by atomic mass is 10.2. The number of amides is 3. The Bertz CT molecular complexity index is 463. The highest BCUT2D eigenvalue weighted by atomic mass is 16.5. The van der Waals surface area contributed by atoms with E-state index in [1.165, 1.54) is 0 Å². The third kappa shape index (κ3) is 7.31. The van der Waals surface area contributed by atoms with Crippen molar-refractivity contribution in [1.29, 1.82) is 0 Å². The summed E-state index contributed by atoms with van der Waals surface area (Å²) in [7, 11) is 0. The van der Waals surface area contributed by atoms with Crippen LogP contribution in [0, 0.1) is 0 Å². The smallest absolute Gasteiger partial charge is 0.319 e. The maximum atomic E-state index is 11.7.